The van der Waals surface area contributed by atoms with Crippen molar-refractivity contribution in [3.05, 3.63) is 0 Å². The van der Waals surface area contributed by atoms with Crippen molar-refractivity contribution in [1.82, 2.24) is 5.32 Å². The Bertz CT molecular complexity index is 236. The molecule has 1 saturated heterocycles. The minimum absolute atomic E-state index is 0. The normalized spacial score (nSPS) is 26.8. The summed E-state index contributed by atoms with van der Waals surface area (Å²) >= 11 is 0. The molecule has 0 atom stereocenters. The smallest absolute Gasteiger partial charge is 0.156 e. The molecule has 1 heterocycles. The Morgan fingerprint density at radius 2 is 1.83 bits per heavy atom. The zero-order chi connectivity index (χ0) is 8.54. The van der Waals surface area contributed by atoms with Crippen LogP contribution in [0.15, 0.2) is 0 Å². The minimum Gasteiger partial charge on any atom is -0.316 e. The predicted octanol–water partition coefficient (Wildman–Crippen LogP) is 0.595. The van der Waals surface area contributed by atoms with Crippen LogP contribution in [0.3, 0.4) is 0 Å². The highest BCUT2D eigenvalue weighted by Gasteiger charge is 2.34. The Morgan fingerprint density at radius 1 is 1.25 bits per heavy atom. The Labute approximate surface area is 80.3 Å². The topological polar surface area (TPSA) is 46.2 Å². The highest BCUT2D eigenvalue weighted by molar-refractivity contribution is 7.92. The lowest BCUT2D eigenvalue weighted by Crippen LogP contribution is -2.33. The zero-order valence-electron chi connectivity index (χ0n) is 7.46. The first kappa shape index (κ1) is 12.2. The third kappa shape index (κ3) is 2.34. The van der Waals surface area contributed by atoms with Crippen LogP contribution < -0.4 is 5.32 Å². The fraction of sp³-hybridized carbons (Fsp3) is 1.00. The van der Waals surface area contributed by atoms with Crippen LogP contribution in [0.4, 0.5) is 0 Å². The predicted molar refractivity (Wildman–Crippen MR) is 52.6 cm³/mol. The Kier molecular flexibility index (Phi) is 4.00. The van der Waals surface area contributed by atoms with Crippen molar-refractivity contribution in [3.8, 4) is 0 Å². The van der Waals surface area contributed by atoms with Gasteiger partial charge in [0.25, 0.3) is 0 Å². The molecule has 12 heavy (non-hydrogen) atoms. The second-order valence-electron chi connectivity index (χ2n) is 3.58. The van der Waals surface area contributed by atoms with Crippen LogP contribution in [-0.2, 0) is 9.84 Å². The first-order chi connectivity index (χ1) is 4.96. The summed E-state index contributed by atoms with van der Waals surface area (Å²) < 4.78 is 22.4. The van der Waals surface area contributed by atoms with E-state index >= 15 is 0 Å². The van der Waals surface area contributed by atoms with Crippen LogP contribution in [0.1, 0.15) is 20.3 Å². The molecule has 1 N–H and O–H groups in total. The maximum atomic E-state index is 11.5. The van der Waals surface area contributed by atoms with Crippen molar-refractivity contribution < 1.29 is 8.42 Å². The number of nitrogens with one attached hydrogen (secondary N) is 1. The maximum absolute atomic E-state index is 11.5. The molecule has 1 aliphatic rings. The second-order valence-corrected chi connectivity index (χ2v) is 6.32. The molecule has 0 spiro atoms. The van der Waals surface area contributed by atoms with E-state index in [9.17, 15) is 8.42 Å². The van der Waals surface area contributed by atoms with Gasteiger partial charge in [0.05, 0.1) is 10.5 Å². The summed E-state index contributed by atoms with van der Waals surface area (Å²) in [5, 5.41) is 3.08. The van der Waals surface area contributed by atoms with E-state index in [1.54, 1.807) is 13.8 Å². The number of rotatable bonds is 0. The summed E-state index contributed by atoms with van der Waals surface area (Å²) in [5.41, 5.74) is 0. The van der Waals surface area contributed by atoms with E-state index in [0.29, 0.717) is 6.54 Å². The van der Waals surface area contributed by atoms with Crippen molar-refractivity contribution in [2.24, 2.45) is 0 Å². The van der Waals surface area contributed by atoms with Gasteiger partial charge in [0.2, 0.25) is 0 Å². The molecule has 1 rings (SSSR count). The first-order valence-electron chi connectivity index (χ1n) is 3.89. The van der Waals surface area contributed by atoms with Crippen LogP contribution in [-0.4, -0.2) is 32.0 Å². The molecule has 74 valence electrons. The van der Waals surface area contributed by atoms with E-state index in [-0.39, 0.29) is 18.2 Å². The van der Waals surface area contributed by atoms with Crippen LogP contribution in [0.2, 0.25) is 0 Å². The van der Waals surface area contributed by atoms with Gasteiger partial charge in [-0.3, -0.25) is 0 Å². The van der Waals surface area contributed by atoms with E-state index in [1.807, 2.05) is 0 Å². The molecule has 1 fully saturated rings. The highest BCUT2D eigenvalue weighted by Crippen LogP contribution is 2.22. The summed E-state index contributed by atoms with van der Waals surface area (Å²) in [6.45, 7) is 5.02. The van der Waals surface area contributed by atoms with E-state index < -0.39 is 14.6 Å². The van der Waals surface area contributed by atoms with E-state index in [1.165, 1.54) is 0 Å². The largest absolute Gasteiger partial charge is 0.316 e. The average Bonchev–Trinajstić information content (AvgIpc) is 1.94. The number of sulfone groups is 1. The molecule has 1 aliphatic heterocycles. The zero-order valence-corrected chi connectivity index (χ0v) is 9.09. The summed E-state index contributed by atoms with van der Waals surface area (Å²) in [4.78, 5) is 0. The third-order valence-electron chi connectivity index (χ3n) is 2.29. The van der Waals surface area contributed by atoms with Crippen LogP contribution in [0.25, 0.3) is 0 Å². The Hall–Kier alpha value is 0.200. The van der Waals surface area contributed by atoms with E-state index in [2.05, 4.69) is 5.32 Å². The quantitative estimate of drug-likeness (QED) is 0.641. The molecule has 0 bridgehead atoms. The van der Waals surface area contributed by atoms with Crippen LogP contribution in [0.5, 0.6) is 0 Å². The van der Waals surface area contributed by atoms with Gasteiger partial charge in [0.1, 0.15) is 0 Å². The molecular formula is C7H16ClNO2S. The molecule has 0 aromatic heterocycles. The van der Waals surface area contributed by atoms with Crippen molar-refractivity contribution in [2.75, 3.05) is 18.8 Å². The standard InChI is InChI=1S/C7H15NO2S.ClH/c1-7(2)3-4-8-5-6-11(7,9)10;/h8H,3-6H2,1-2H3;1H. The van der Waals surface area contributed by atoms with E-state index in [0.717, 1.165) is 13.0 Å². The molecule has 5 heteroatoms. The lowest BCUT2D eigenvalue weighted by molar-refractivity contribution is 0.533. The summed E-state index contributed by atoms with van der Waals surface area (Å²) in [5.74, 6) is 0.278. The number of halogens is 1. The van der Waals surface area contributed by atoms with Gasteiger partial charge in [-0.25, -0.2) is 8.42 Å². The second kappa shape index (κ2) is 3.94. The molecule has 0 aromatic carbocycles. The van der Waals surface area contributed by atoms with Gasteiger partial charge < -0.3 is 5.32 Å². The maximum Gasteiger partial charge on any atom is 0.156 e. The summed E-state index contributed by atoms with van der Waals surface area (Å²) in [7, 11) is -2.86. The highest BCUT2D eigenvalue weighted by atomic mass is 35.5. The van der Waals surface area contributed by atoms with Gasteiger partial charge >= 0.3 is 0 Å². The fourth-order valence-corrected chi connectivity index (χ4v) is 2.53. The summed E-state index contributed by atoms with van der Waals surface area (Å²) in [6.07, 6.45) is 0.718. The fourth-order valence-electron chi connectivity index (χ4n) is 1.15. The third-order valence-corrected chi connectivity index (χ3v) is 4.92. The van der Waals surface area contributed by atoms with Gasteiger partial charge in [-0.15, -0.1) is 12.4 Å². The van der Waals surface area contributed by atoms with Gasteiger partial charge in [-0.2, -0.15) is 0 Å². The van der Waals surface area contributed by atoms with Crippen molar-refractivity contribution in [1.29, 1.82) is 0 Å². The average molecular weight is 214 g/mol. The van der Waals surface area contributed by atoms with Crippen molar-refractivity contribution in [3.63, 3.8) is 0 Å². The lowest BCUT2D eigenvalue weighted by Gasteiger charge is -2.21. The van der Waals surface area contributed by atoms with Crippen molar-refractivity contribution in [2.45, 2.75) is 25.0 Å². The van der Waals surface area contributed by atoms with Crippen molar-refractivity contribution >= 4 is 22.2 Å². The van der Waals surface area contributed by atoms with E-state index in [4.69, 9.17) is 0 Å². The van der Waals surface area contributed by atoms with Gasteiger partial charge in [-0.1, -0.05) is 0 Å². The van der Waals surface area contributed by atoms with Crippen LogP contribution >= 0.6 is 12.4 Å². The monoisotopic (exact) mass is 213 g/mol. The SMILES string of the molecule is CC1(C)CCNCCS1(=O)=O.Cl. The van der Waals surface area contributed by atoms with Gasteiger partial charge in [0.15, 0.2) is 9.84 Å². The molecule has 0 unspecified atom stereocenters. The number of hydrogen-bond donors (Lipinski definition) is 1. The molecule has 3 nitrogen and oxygen atoms in total. The lowest BCUT2D eigenvalue weighted by atomic mass is 10.1. The molecular weight excluding hydrogens is 198 g/mol. The molecule has 0 aliphatic carbocycles. The minimum atomic E-state index is -2.86. The van der Waals surface area contributed by atoms with Gasteiger partial charge in [0, 0.05) is 6.54 Å². The molecule has 0 aromatic rings. The van der Waals surface area contributed by atoms with Crippen LogP contribution in [0, 0.1) is 0 Å². The Balaban J connectivity index is 0.00000121. The molecule has 0 amide bonds. The van der Waals surface area contributed by atoms with Gasteiger partial charge in [-0.05, 0) is 26.8 Å². The molecule has 0 saturated carbocycles. The first-order valence-corrected chi connectivity index (χ1v) is 5.54. The Morgan fingerprint density at radius 3 is 2.42 bits per heavy atom. The molecule has 0 radical (unpaired) electrons. The summed E-state index contributed by atoms with van der Waals surface area (Å²) in [6, 6.07) is 0. The number of hydrogen-bond acceptors (Lipinski definition) is 3.